The van der Waals surface area contributed by atoms with E-state index in [1.807, 2.05) is 0 Å². The van der Waals surface area contributed by atoms with Gasteiger partial charge in [-0.15, -0.1) is 0 Å². The Bertz CT molecular complexity index is 558. The first-order chi connectivity index (χ1) is 8.56. The topological polar surface area (TPSA) is 24.9 Å². The normalized spacial score (nSPS) is 12.2. The number of nitrogens with zero attached hydrogens (tertiary/aromatic N) is 1. The third kappa shape index (κ3) is 2.80. The minimum absolute atomic E-state index is 0.0340. The second-order valence-electron chi connectivity index (χ2n) is 3.93. The highest BCUT2D eigenvalue weighted by atomic mass is 19.1. The van der Waals surface area contributed by atoms with Crippen molar-refractivity contribution in [1.29, 1.82) is 0 Å². The maximum atomic E-state index is 13.4. The van der Waals surface area contributed by atoms with Gasteiger partial charge in [-0.25, -0.2) is 13.2 Å². The van der Waals surface area contributed by atoms with Gasteiger partial charge in [-0.3, -0.25) is 4.98 Å². The van der Waals surface area contributed by atoms with Crippen LogP contribution in [0.25, 0.3) is 0 Å². The molecular weight excluding hydrogens is 241 g/mol. The van der Waals surface area contributed by atoms with E-state index in [1.54, 1.807) is 6.92 Å². The van der Waals surface area contributed by atoms with Crippen LogP contribution in [0.15, 0.2) is 36.7 Å². The molecule has 0 radical (unpaired) electrons. The molecule has 1 heterocycles. The summed E-state index contributed by atoms with van der Waals surface area (Å²) in [7, 11) is 0. The predicted molar refractivity (Wildman–Crippen MR) is 62.6 cm³/mol. The van der Waals surface area contributed by atoms with Crippen LogP contribution in [-0.4, -0.2) is 4.98 Å². The number of nitrogens with one attached hydrogen (secondary N) is 1. The highest BCUT2D eigenvalue weighted by Crippen LogP contribution is 2.22. The Morgan fingerprint density at radius 2 is 1.83 bits per heavy atom. The van der Waals surface area contributed by atoms with Gasteiger partial charge in [-0.2, -0.15) is 0 Å². The quantitative estimate of drug-likeness (QED) is 0.901. The lowest BCUT2D eigenvalue weighted by atomic mass is 10.1. The van der Waals surface area contributed by atoms with Crippen molar-refractivity contribution >= 4 is 5.69 Å². The molecule has 0 aliphatic carbocycles. The Balaban J connectivity index is 2.21. The second kappa shape index (κ2) is 5.08. The Morgan fingerprint density at radius 3 is 2.56 bits per heavy atom. The van der Waals surface area contributed by atoms with E-state index in [-0.39, 0.29) is 11.7 Å². The van der Waals surface area contributed by atoms with Gasteiger partial charge in [0.25, 0.3) is 0 Å². The first kappa shape index (κ1) is 12.4. The average molecular weight is 252 g/mol. The molecule has 94 valence electrons. The van der Waals surface area contributed by atoms with Crippen LogP contribution in [0, 0.1) is 17.5 Å². The van der Waals surface area contributed by atoms with Crippen LogP contribution < -0.4 is 5.32 Å². The molecule has 5 heteroatoms. The monoisotopic (exact) mass is 252 g/mol. The first-order valence-corrected chi connectivity index (χ1v) is 5.38. The van der Waals surface area contributed by atoms with Crippen molar-refractivity contribution in [2.24, 2.45) is 0 Å². The van der Waals surface area contributed by atoms with Crippen LogP contribution in [0.3, 0.4) is 0 Å². The molecule has 1 aromatic heterocycles. The van der Waals surface area contributed by atoms with Crippen LogP contribution in [0.1, 0.15) is 18.5 Å². The Labute approximate surface area is 102 Å². The fourth-order valence-corrected chi connectivity index (χ4v) is 1.59. The minimum atomic E-state index is -0.562. The summed E-state index contributed by atoms with van der Waals surface area (Å²) in [5.41, 5.74) is 0.588. The standard InChI is InChI=1S/C13H11F3N2/c1-8(9-4-11(15)7-17-6-9)18-13-5-10(14)2-3-12(13)16/h2-8,18H,1H3. The van der Waals surface area contributed by atoms with E-state index >= 15 is 0 Å². The molecule has 0 spiro atoms. The summed E-state index contributed by atoms with van der Waals surface area (Å²) in [6, 6.07) is 4.04. The number of halogens is 3. The summed E-state index contributed by atoms with van der Waals surface area (Å²) in [5, 5.41) is 2.77. The molecule has 0 saturated carbocycles. The zero-order chi connectivity index (χ0) is 13.1. The Hall–Kier alpha value is -2.04. The van der Waals surface area contributed by atoms with Crippen LogP contribution in [0.2, 0.25) is 0 Å². The largest absolute Gasteiger partial charge is 0.376 e. The highest BCUT2D eigenvalue weighted by molar-refractivity contribution is 5.46. The van der Waals surface area contributed by atoms with Crippen molar-refractivity contribution in [3.63, 3.8) is 0 Å². The predicted octanol–water partition coefficient (Wildman–Crippen LogP) is 3.67. The second-order valence-corrected chi connectivity index (χ2v) is 3.93. The summed E-state index contributed by atoms with van der Waals surface area (Å²) in [6.07, 6.45) is 2.55. The summed E-state index contributed by atoms with van der Waals surface area (Å²) >= 11 is 0. The number of rotatable bonds is 3. The SMILES string of the molecule is CC(Nc1cc(F)ccc1F)c1cncc(F)c1. The lowest BCUT2D eigenvalue weighted by Gasteiger charge is -2.16. The molecule has 18 heavy (non-hydrogen) atoms. The Kier molecular flexibility index (Phi) is 3.50. The fraction of sp³-hybridized carbons (Fsp3) is 0.154. The molecule has 1 aromatic carbocycles. The lowest BCUT2D eigenvalue weighted by molar-refractivity contribution is 0.599. The van der Waals surface area contributed by atoms with Gasteiger partial charge < -0.3 is 5.32 Å². The van der Waals surface area contributed by atoms with Crippen LogP contribution in [-0.2, 0) is 0 Å². The molecule has 0 saturated heterocycles. The van der Waals surface area contributed by atoms with E-state index in [2.05, 4.69) is 10.3 Å². The van der Waals surface area contributed by atoms with Crippen molar-refractivity contribution in [1.82, 2.24) is 4.98 Å². The average Bonchev–Trinajstić information content (AvgIpc) is 2.34. The van der Waals surface area contributed by atoms with Gasteiger partial charge >= 0.3 is 0 Å². The lowest BCUT2D eigenvalue weighted by Crippen LogP contribution is -2.09. The van der Waals surface area contributed by atoms with Gasteiger partial charge in [-0.1, -0.05) is 0 Å². The maximum absolute atomic E-state index is 13.4. The van der Waals surface area contributed by atoms with Gasteiger partial charge in [0.15, 0.2) is 0 Å². The van der Waals surface area contributed by atoms with Gasteiger partial charge in [0.1, 0.15) is 17.5 Å². The molecule has 1 atom stereocenters. The third-order valence-corrected chi connectivity index (χ3v) is 2.53. The number of anilines is 1. The van der Waals surface area contributed by atoms with E-state index in [4.69, 9.17) is 0 Å². The number of benzene rings is 1. The molecule has 2 rings (SSSR count). The number of pyridine rings is 1. The molecule has 1 unspecified atom stereocenters. The van der Waals surface area contributed by atoms with Crippen molar-refractivity contribution < 1.29 is 13.2 Å². The summed E-state index contributed by atoms with van der Waals surface area (Å²) in [5.74, 6) is -1.57. The number of aromatic nitrogens is 1. The zero-order valence-corrected chi connectivity index (χ0v) is 9.62. The van der Waals surface area contributed by atoms with Crippen molar-refractivity contribution in [3.05, 3.63) is 59.7 Å². The van der Waals surface area contributed by atoms with Crippen molar-refractivity contribution in [2.45, 2.75) is 13.0 Å². The summed E-state index contributed by atoms with van der Waals surface area (Å²) in [4.78, 5) is 3.70. The molecule has 0 amide bonds. The molecule has 0 bridgehead atoms. The molecule has 1 N–H and O–H groups in total. The smallest absolute Gasteiger partial charge is 0.146 e. The molecule has 2 aromatic rings. The highest BCUT2D eigenvalue weighted by Gasteiger charge is 2.10. The third-order valence-electron chi connectivity index (χ3n) is 2.53. The van der Waals surface area contributed by atoms with Crippen LogP contribution in [0.4, 0.5) is 18.9 Å². The number of hydrogen-bond acceptors (Lipinski definition) is 2. The molecule has 0 fully saturated rings. The van der Waals surface area contributed by atoms with Crippen LogP contribution in [0.5, 0.6) is 0 Å². The van der Waals surface area contributed by atoms with E-state index in [0.29, 0.717) is 5.56 Å². The first-order valence-electron chi connectivity index (χ1n) is 5.38. The van der Waals surface area contributed by atoms with Crippen molar-refractivity contribution in [3.8, 4) is 0 Å². The number of hydrogen-bond donors (Lipinski definition) is 1. The molecular formula is C13H11F3N2. The summed E-state index contributed by atoms with van der Waals surface area (Å²) in [6.45, 7) is 1.71. The van der Waals surface area contributed by atoms with E-state index in [0.717, 1.165) is 24.4 Å². The minimum Gasteiger partial charge on any atom is -0.376 e. The molecule has 2 nitrogen and oxygen atoms in total. The maximum Gasteiger partial charge on any atom is 0.146 e. The van der Waals surface area contributed by atoms with Crippen molar-refractivity contribution in [2.75, 3.05) is 5.32 Å². The Morgan fingerprint density at radius 1 is 1.06 bits per heavy atom. The van der Waals surface area contributed by atoms with Gasteiger partial charge in [-0.05, 0) is 36.8 Å². The summed E-state index contributed by atoms with van der Waals surface area (Å²) < 4.78 is 39.4. The zero-order valence-electron chi connectivity index (χ0n) is 9.62. The van der Waals surface area contributed by atoms with E-state index < -0.39 is 17.5 Å². The van der Waals surface area contributed by atoms with Gasteiger partial charge in [0.2, 0.25) is 0 Å². The molecule has 0 aliphatic rings. The van der Waals surface area contributed by atoms with E-state index in [1.165, 1.54) is 12.3 Å². The van der Waals surface area contributed by atoms with Gasteiger partial charge in [0.05, 0.1) is 17.9 Å². The van der Waals surface area contributed by atoms with E-state index in [9.17, 15) is 13.2 Å². The van der Waals surface area contributed by atoms with Crippen LogP contribution >= 0.6 is 0 Å². The molecule has 0 aliphatic heterocycles. The fourth-order valence-electron chi connectivity index (χ4n) is 1.59. The van der Waals surface area contributed by atoms with Gasteiger partial charge in [0, 0.05) is 6.20 Å².